The second-order valence-electron chi connectivity index (χ2n) is 21.8. The van der Waals surface area contributed by atoms with Crippen LogP contribution in [0.25, 0.3) is 16.6 Å². The number of benzene rings is 3. The number of likely N-dealkylation sites (tertiary alicyclic amines) is 1. The molecular formula is C55H66N10O8S. The molecule has 3 N–H and O–H groups in total. The normalized spacial score (nSPS) is 23.7. The molecule has 4 saturated heterocycles. The number of hydrogen-bond acceptors (Lipinski definition) is 15. The van der Waals surface area contributed by atoms with Crippen molar-refractivity contribution in [3.05, 3.63) is 106 Å². The maximum absolute atomic E-state index is 14.6. The van der Waals surface area contributed by atoms with Gasteiger partial charge < -0.3 is 34.3 Å². The van der Waals surface area contributed by atoms with Crippen LogP contribution in [0.1, 0.15) is 86.3 Å². The van der Waals surface area contributed by atoms with E-state index in [1.807, 2.05) is 35.4 Å². The summed E-state index contributed by atoms with van der Waals surface area (Å²) in [6.45, 7) is 17.1. The number of nitrogens with one attached hydrogen (secondary N) is 3. The van der Waals surface area contributed by atoms with Gasteiger partial charge in [0.1, 0.15) is 17.9 Å². The second-order valence-corrected chi connectivity index (χ2v) is 23.5. The van der Waals surface area contributed by atoms with Crippen molar-refractivity contribution in [1.82, 2.24) is 29.4 Å². The molecule has 8 heterocycles. The number of sulfonamides is 1. The zero-order valence-electron chi connectivity index (χ0n) is 42.3. The van der Waals surface area contributed by atoms with Gasteiger partial charge in [0.2, 0.25) is 5.88 Å². The lowest BCUT2D eigenvalue weighted by Crippen LogP contribution is -2.61. The van der Waals surface area contributed by atoms with Gasteiger partial charge in [0.05, 0.1) is 53.0 Å². The minimum Gasteiger partial charge on any atom is -0.489 e. The largest absolute Gasteiger partial charge is 0.489 e. The number of H-pyrrole nitrogens is 1. The smallest absolute Gasteiger partial charge is 0.297 e. The standard InChI is InChI=1S/C55H66N10O8S/c1-35(2)43-8-4-5-9-44(43)46-10-6-17-63(46)40-28-55(29-40)14-19-61(20-15-55)39-11-12-45(47(25-39)64-18-7-23-72-54-49(64)24-37-13-16-56-52(37)58-54)53(66)59-74(69,70)42-26-48(65(67)68)51-50(27-42)73-32-38(57-51)31-60-21-22-62(36(3)30-60)41-33-71-34-41/h4-5,8-9,11-13,16,24-27,36,38,40-41,46,57H,1,6-7,10,14-15,17-23,28-34H2,2-3H3,(H,56,58)(H,59,66)/t36-,38+,46+/m1/s1. The maximum atomic E-state index is 14.6. The molecule has 5 aromatic rings. The van der Waals surface area contributed by atoms with Crippen LogP contribution in [0.15, 0.2) is 84.4 Å². The molecule has 0 unspecified atom stereocenters. The maximum Gasteiger partial charge on any atom is 0.297 e. The predicted molar refractivity (Wildman–Crippen MR) is 284 cm³/mol. The third-order valence-electron chi connectivity index (χ3n) is 17.0. The zero-order valence-corrected chi connectivity index (χ0v) is 43.1. The molecule has 1 aliphatic carbocycles. The third-order valence-corrected chi connectivity index (χ3v) is 18.3. The van der Waals surface area contributed by atoms with Gasteiger partial charge in [-0.2, -0.15) is 4.98 Å². The number of amides is 1. The lowest BCUT2D eigenvalue weighted by Gasteiger charge is -2.56. The van der Waals surface area contributed by atoms with Crippen molar-refractivity contribution in [3.8, 4) is 11.6 Å². The van der Waals surface area contributed by atoms with E-state index in [1.165, 1.54) is 42.9 Å². The summed E-state index contributed by atoms with van der Waals surface area (Å²) >= 11 is 0. The fraction of sp³-hybridized carbons (Fsp3) is 0.491. The lowest BCUT2D eigenvalue weighted by molar-refractivity contribution is -0.384. The van der Waals surface area contributed by atoms with Crippen LogP contribution < -0.4 is 29.3 Å². The zero-order chi connectivity index (χ0) is 50.9. The number of nitro groups is 1. The quantitative estimate of drug-likeness (QED) is 0.0813. The molecule has 2 aromatic heterocycles. The monoisotopic (exact) mass is 1030 g/mol. The van der Waals surface area contributed by atoms with E-state index < -0.39 is 31.4 Å². The number of aromatic amines is 1. The Labute approximate surface area is 432 Å². The van der Waals surface area contributed by atoms with E-state index in [2.05, 4.69) is 79.3 Å². The van der Waals surface area contributed by atoms with Gasteiger partial charge >= 0.3 is 0 Å². The van der Waals surface area contributed by atoms with Gasteiger partial charge in [-0.15, -0.1) is 0 Å². The molecule has 12 rings (SSSR count). The summed E-state index contributed by atoms with van der Waals surface area (Å²) in [7, 11) is -4.67. The number of piperazine rings is 1. The number of carbonyl (C=O) groups excluding carboxylic acids is 1. The Morgan fingerprint density at radius 2 is 1.74 bits per heavy atom. The molecule has 74 heavy (non-hydrogen) atoms. The minimum atomic E-state index is -4.67. The van der Waals surface area contributed by atoms with Gasteiger partial charge in [-0.05, 0) is 112 Å². The molecule has 1 saturated carbocycles. The van der Waals surface area contributed by atoms with Gasteiger partial charge in [-0.1, -0.05) is 36.4 Å². The average Bonchev–Trinajstić information content (AvgIpc) is 4.00. The van der Waals surface area contributed by atoms with E-state index in [4.69, 9.17) is 19.2 Å². The molecule has 6 aliphatic heterocycles. The Balaban J connectivity index is 0.779. The average molecular weight is 1030 g/mol. The van der Waals surface area contributed by atoms with Crippen LogP contribution in [0, 0.1) is 15.5 Å². The summed E-state index contributed by atoms with van der Waals surface area (Å²) in [6.07, 6.45) is 9.26. The summed E-state index contributed by atoms with van der Waals surface area (Å²) in [6, 6.07) is 22.0. The van der Waals surface area contributed by atoms with E-state index >= 15 is 0 Å². The van der Waals surface area contributed by atoms with Crippen LogP contribution in [-0.2, 0) is 14.8 Å². The van der Waals surface area contributed by atoms with E-state index in [0.29, 0.717) is 73.2 Å². The highest BCUT2D eigenvalue weighted by Crippen LogP contribution is 2.54. The Hall–Kier alpha value is -6.25. The van der Waals surface area contributed by atoms with Crippen molar-refractivity contribution in [2.75, 3.05) is 93.9 Å². The summed E-state index contributed by atoms with van der Waals surface area (Å²) in [5.74, 6) is -0.443. The number of hydrogen-bond donors (Lipinski definition) is 3. The van der Waals surface area contributed by atoms with Gasteiger partial charge in [-0.25, -0.2) is 13.1 Å². The second kappa shape index (κ2) is 19.5. The first kappa shape index (κ1) is 48.7. The molecular weight excluding hydrogens is 961 g/mol. The first-order chi connectivity index (χ1) is 35.8. The number of carbonyl (C=O) groups is 1. The van der Waals surface area contributed by atoms with Crippen molar-refractivity contribution < 1.29 is 32.3 Å². The van der Waals surface area contributed by atoms with Crippen LogP contribution in [-0.4, -0.2) is 147 Å². The molecule has 19 heteroatoms. The van der Waals surface area contributed by atoms with E-state index in [-0.39, 0.29) is 35.1 Å². The number of nitro benzene ring substituents is 1. The third kappa shape index (κ3) is 9.13. The van der Waals surface area contributed by atoms with Gasteiger partial charge in [0.25, 0.3) is 21.6 Å². The van der Waals surface area contributed by atoms with Gasteiger partial charge in [-0.3, -0.25) is 29.6 Å². The van der Waals surface area contributed by atoms with Crippen molar-refractivity contribution >= 4 is 61.0 Å². The van der Waals surface area contributed by atoms with Crippen molar-refractivity contribution in [1.29, 1.82) is 0 Å². The van der Waals surface area contributed by atoms with Crippen molar-refractivity contribution in [2.24, 2.45) is 5.41 Å². The number of ether oxygens (including phenoxy) is 3. The number of nitrogens with zero attached hydrogens (tertiary/aromatic N) is 7. The van der Waals surface area contributed by atoms with Crippen LogP contribution in [0.3, 0.4) is 0 Å². The molecule has 0 bridgehead atoms. The molecule has 3 aromatic carbocycles. The van der Waals surface area contributed by atoms with Crippen molar-refractivity contribution in [2.45, 2.75) is 93.9 Å². The molecule has 3 atom stereocenters. The lowest BCUT2D eigenvalue weighted by atomic mass is 9.59. The Kier molecular flexibility index (Phi) is 12.8. The van der Waals surface area contributed by atoms with Crippen LogP contribution in [0.2, 0.25) is 0 Å². The van der Waals surface area contributed by atoms with Crippen molar-refractivity contribution in [3.63, 3.8) is 0 Å². The Morgan fingerprint density at radius 3 is 2.51 bits per heavy atom. The summed E-state index contributed by atoms with van der Waals surface area (Å²) in [5.41, 5.74) is 6.59. The van der Waals surface area contributed by atoms with E-state index in [0.717, 1.165) is 88.0 Å². The number of fused-ring (bicyclic) bond motifs is 3. The molecule has 390 valence electrons. The minimum absolute atomic E-state index is 0.0339. The van der Waals surface area contributed by atoms with E-state index in [1.54, 1.807) is 6.07 Å². The molecule has 1 spiro atoms. The fourth-order valence-corrected chi connectivity index (χ4v) is 14.1. The summed E-state index contributed by atoms with van der Waals surface area (Å²) < 4.78 is 48.6. The highest BCUT2D eigenvalue weighted by molar-refractivity contribution is 7.90. The fourth-order valence-electron chi connectivity index (χ4n) is 13.1. The predicted octanol–water partition coefficient (Wildman–Crippen LogP) is 7.71. The van der Waals surface area contributed by atoms with Gasteiger partial charge in [0.15, 0.2) is 11.4 Å². The number of pyridine rings is 1. The molecule has 18 nitrogen and oxygen atoms in total. The summed E-state index contributed by atoms with van der Waals surface area (Å²) in [4.78, 5) is 46.1. The molecule has 0 radical (unpaired) electrons. The number of piperidine rings is 1. The Morgan fingerprint density at radius 1 is 0.919 bits per heavy atom. The first-order valence-electron chi connectivity index (χ1n) is 26.4. The van der Waals surface area contributed by atoms with E-state index in [9.17, 15) is 23.3 Å². The molecule has 5 fully saturated rings. The SMILES string of the molecule is C=C(C)c1ccccc1[C@@H]1CCCN1C1CC2(CCN(c3ccc(C(=O)NS(=O)(=O)c4cc5c(c([N+](=O)[O-])c4)N[C@@H](CN4CCN(C6COC6)[C@H](C)C4)CO5)c(N4CCCOc5nc6[nH]ccc6cc54)c3)CC2)C1. The summed E-state index contributed by atoms with van der Waals surface area (Å²) in [5, 5.41) is 16.8. The first-order valence-corrected chi connectivity index (χ1v) is 27.9. The number of rotatable bonds is 12. The highest BCUT2D eigenvalue weighted by Gasteiger charge is 2.50. The van der Waals surface area contributed by atoms with Crippen LogP contribution >= 0.6 is 0 Å². The highest BCUT2D eigenvalue weighted by atomic mass is 32.2. The number of anilines is 4. The number of allylic oxidation sites excluding steroid dienone is 1. The molecule has 7 aliphatic rings. The molecule has 1 amide bonds. The van der Waals surface area contributed by atoms with Gasteiger partial charge in [0, 0.05) is 93.3 Å². The van der Waals surface area contributed by atoms with Crippen LogP contribution in [0.4, 0.5) is 28.4 Å². The Bertz CT molecular complexity index is 3110. The van der Waals surface area contributed by atoms with Crippen LogP contribution in [0.5, 0.6) is 11.6 Å². The topological polar surface area (TPSA) is 191 Å². The number of aromatic nitrogens is 2.